The molecule has 3 fully saturated rings. The first-order valence-corrected chi connectivity index (χ1v) is 23.0. The molecule has 3 N–H and O–H groups in total. The van der Waals surface area contributed by atoms with E-state index in [-0.39, 0.29) is 54.8 Å². The molecule has 2 saturated heterocycles. The largest absolute Gasteiger partial charge is 0.460 e. The van der Waals surface area contributed by atoms with E-state index in [1.54, 1.807) is 34.0 Å². The summed E-state index contributed by atoms with van der Waals surface area (Å²) in [6, 6.07) is -1.11. The van der Waals surface area contributed by atoms with Crippen molar-refractivity contribution < 1.29 is 58.2 Å². The van der Waals surface area contributed by atoms with Gasteiger partial charge in [0.1, 0.15) is 30.1 Å². The van der Waals surface area contributed by atoms with Crippen LogP contribution >= 0.6 is 0 Å². The molecular weight excluding hydrogens is 795 g/mol. The van der Waals surface area contributed by atoms with Crippen LogP contribution in [0.3, 0.4) is 0 Å². The molecule has 0 unspecified atom stereocenters. The monoisotopic (exact) mass is 870 g/mol. The molecule has 2 bridgehead atoms. The summed E-state index contributed by atoms with van der Waals surface area (Å²) in [7, 11) is 2.94. The van der Waals surface area contributed by atoms with Crippen LogP contribution in [0.25, 0.3) is 0 Å². The third-order valence-corrected chi connectivity index (χ3v) is 13.7. The third kappa shape index (κ3) is 13.8. The Kier molecular flexibility index (Phi) is 19.9. The van der Waals surface area contributed by atoms with Gasteiger partial charge in [0.05, 0.1) is 18.3 Å². The fourth-order valence-corrected chi connectivity index (χ4v) is 9.58. The smallest absolute Gasteiger partial charge is 0.329 e. The number of methoxy groups -OCH3 is 2. The number of allylic oxidation sites excluding steroid dienone is 6. The predicted octanol–water partition coefficient (Wildman–Crippen LogP) is 6.17. The van der Waals surface area contributed by atoms with Crippen molar-refractivity contribution in [2.24, 2.45) is 35.5 Å². The predicted molar refractivity (Wildman–Crippen MR) is 234 cm³/mol. The molecule has 0 spiro atoms. The van der Waals surface area contributed by atoms with Crippen LogP contribution in [0.2, 0.25) is 0 Å². The molecule has 4 aliphatic rings. The minimum absolute atomic E-state index is 0.0309. The lowest BCUT2D eigenvalue weighted by atomic mass is 9.79. The molecule has 0 radical (unpaired) electrons. The Balaban J connectivity index is 1.67. The molecule has 1 amide bonds. The summed E-state index contributed by atoms with van der Waals surface area (Å²) in [5, 5.41) is 33.3. The molecule has 13 nitrogen and oxygen atoms in total. The molecule has 348 valence electrons. The number of ketones is 3. The van der Waals surface area contributed by atoms with Gasteiger partial charge in [0.15, 0.2) is 5.78 Å². The summed E-state index contributed by atoms with van der Waals surface area (Å²) in [6.45, 7) is 10.9. The van der Waals surface area contributed by atoms with Gasteiger partial charge in [0.25, 0.3) is 11.7 Å². The maximum absolute atomic E-state index is 14.3. The lowest BCUT2D eigenvalue weighted by molar-refractivity contribution is -0.265. The Morgan fingerprint density at radius 2 is 1.53 bits per heavy atom. The summed E-state index contributed by atoms with van der Waals surface area (Å²) < 4.78 is 23.6. The van der Waals surface area contributed by atoms with Gasteiger partial charge in [0, 0.05) is 51.4 Å². The minimum Gasteiger partial charge on any atom is -0.460 e. The normalized spacial score (nSPS) is 40.1. The van der Waals surface area contributed by atoms with Crippen molar-refractivity contribution in [2.75, 3.05) is 20.8 Å². The Labute approximate surface area is 369 Å². The van der Waals surface area contributed by atoms with E-state index in [0.29, 0.717) is 63.4 Å². The quantitative estimate of drug-likeness (QED) is 0.163. The molecule has 3 heterocycles. The van der Waals surface area contributed by atoms with Crippen LogP contribution in [-0.2, 0) is 42.9 Å². The van der Waals surface area contributed by atoms with E-state index in [1.165, 1.54) is 12.0 Å². The molecule has 4 rings (SSSR count). The number of aliphatic hydroxyl groups is 3. The fourth-order valence-electron chi connectivity index (χ4n) is 9.58. The van der Waals surface area contributed by atoms with E-state index in [4.69, 9.17) is 18.9 Å². The summed E-state index contributed by atoms with van der Waals surface area (Å²) in [5.41, 5.74) is 0.400. The molecule has 0 aromatic carbocycles. The number of ether oxygens (including phenoxy) is 4. The number of rotatable bonds is 5. The molecule has 1 aliphatic carbocycles. The minimum atomic E-state index is -2.41. The molecule has 0 aromatic heterocycles. The van der Waals surface area contributed by atoms with Crippen LogP contribution in [-0.4, -0.2) is 119 Å². The van der Waals surface area contributed by atoms with Crippen molar-refractivity contribution in [2.45, 2.75) is 173 Å². The number of nitrogens with zero attached hydrogens (tertiary/aromatic N) is 1. The average Bonchev–Trinajstić information content (AvgIpc) is 3.25. The molecule has 13 heteroatoms. The van der Waals surface area contributed by atoms with Crippen LogP contribution in [0.5, 0.6) is 0 Å². The van der Waals surface area contributed by atoms with E-state index in [1.807, 2.05) is 57.2 Å². The van der Waals surface area contributed by atoms with Gasteiger partial charge in [-0.2, -0.15) is 0 Å². The Hall–Kier alpha value is -3.33. The average molecular weight is 870 g/mol. The number of cyclic esters (lactones) is 1. The summed E-state index contributed by atoms with van der Waals surface area (Å²) >= 11 is 0. The van der Waals surface area contributed by atoms with Gasteiger partial charge in [-0.1, -0.05) is 77.2 Å². The van der Waals surface area contributed by atoms with Crippen molar-refractivity contribution >= 4 is 29.2 Å². The summed E-state index contributed by atoms with van der Waals surface area (Å²) in [4.78, 5) is 71.3. The zero-order valence-corrected chi connectivity index (χ0v) is 38.4. The topological polar surface area (TPSA) is 186 Å². The number of esters is 1. The van der Waals surface area contributed by atoms with E-state index >= 15 is 0 Å². The first-order chi connectivity index (χ1) is 29.4. The van der Waals surface area contributed by atoms with Crippen molar-refractivity contribution in [1.82, 2.24) is 4.90 Å². The highest BCUT2D eigenvalue weighted by atomic mass is 16.6. The molecule has 1 saturated carbocycles. The van der Waals surface area contributed by atoms with Crippen molar-refractivity contribution in [1.29, 1.82) is 0 Å². The van der Waals surface area contributed by atoms with Crippen molar-refractivity contribution in [3.05, 3.63) is 48.1 Å². The van der Waals surface area contributed by atoms with Crippen LogP contribution in [0.1, 0.15) is 125 Å². The molecule has 62 heavy (non-hydrogen) atoms. The number of aliphatic hydroxyl groups excluding tert-OH is 2. The standard InChI is InChI=1S/C49H75NO12/c1-30-15-11-9-10-12-16-38(59-7)28-39-23-18-35(6)49(58,62-39)46(55)47(56)50-24-14-13-17-40(50)48(57)61-42(32(3)27-36-19-21-37(51)22-20-36)29-41(52)31(2)26-34(5)44(54)45(60-8)43(53)33(4)25-30/h9-12,15-16,26,30-33,35-40,42,44-45,51,54,58H,13-14,17-25,27-29H2,1-8H3/b10-9+,15-11-,16-12+,34-26+/t30-,31-,32-,33-,35-,36?,37?,38-,39+,40+,42+,44-,45+,49-/m1/s1. The number of piperidine rings is 1. The lowest BCUT2D eigenvalue weighted by Gasteiger charge is -2.42. The van der Waals surface area contributed by atoms with E-state index in [0.717, 1.165) is 12.8 Å². The van der Waals surface area contributed by atoms with E-state index in [2.05, 4.69) is 0 Å². The number of carbonyl (C=O) groups is 5. The second-order valence-corrected chi connectivity index (χ2v) is 18.8. The Morgan fingerprint density at radius 1 is 0.855 bits per heavy atom. The first kappa shape index (κ1) is 51.3. The summed E-state index contributed by atoms with van der Waals surface area (Å²) in [5.74, 6) is -7.58. The van der Waals surface area contributed by atoms with Gasteiger partial charge in [-0.3, -0.25) is 19.2 Å². The molecule has 0 aromatic rings. The maximum Gasteiger partial charge on any atom is 0.329 e. The van der Waals surface area contributed by atoms with Gasteiger partial charge in [0.2, 0.25) is 5.79 Å². The fraction of sp³-hybridized carbons (Fsp3) is 0.735. The maximum atomic E-state index is 14.3. The van der Waals surface area contributed by atoms with Gasteiger partial charge < -0.3 is 39.2 Å². The van der Waals surface area contributed by atoms with Crippen LogP contribution in [0.15, 0.2) is 48.1 Å². The van der Waals surface area contributed by atoms with Gasteiger partial charge in [-0.25, -0.2) is 4.79 Å². The van der Waals surface area contributed by atoms with Crippen LogP contribution in [0, 0.1) is 35.5 Å². The highest BCUT2D eigenvalue weighted by molar-refractivity contribution is 6.39. The zero-order valence-electron chi connectivity index (χ0n) is 38.4. The SMILES string of the molecule is CO[C@@H]1/C=C/C=C/C=C\[C@@H](C)C[C@@H](C)C(=O)[C@H](OC)[C@H](O)/C(C)=C/[C@@H](C)C(=O)C[C@@H]([C@H](C)CC2CCC(O)CC2)OC(=O)[C@@H]2CCCCN2C(=O)C(=O)[C@]2(O)O[C@@H](CC[C@H]2C)C1. The highest BCUT2D eigenvalue weighted by Crippen LogP contribution is 2.37. The van der Waals surface area contributed by atoms with Crippen LogP contribution in [0.4, 0.5) is 0 Å². The number of fused-ring (bicyclic) bond motifs is 3. The number of hydrogen-bond donors (Lipinski definition) is 3. The van der Waals surface area contributed by atoms with Crippen molar-refractivity contribution in [3.8, 4) is 0 Å². The highest BCUT2D eigenvalue weighted by Gasteiger charge is 2.53. The number of Topliss-reactive ketones (excluding diaryl/α,β-unsaturated/α-hetero) is 3. The number of amides is 1. The Morgan fingerprint density at radius 3 is 2.19 bits per heavy atom. The van der Waals surface area contributed by atoms with Gasteiger partial charge >= 0.3 is 5.97 Å². The third-order valence-electron chi connectivity index (χ3n) is 13.7. The van der Waals surface area contributed by atoms with Crippen LogP contribution < -0.4 is 0 Å². The zero-order chi connectivity index (χ0) is 45.7. The van der Waals surface area contributed by atoms with Gasteiger partial charge in [-0.15, -0.1) is 0 Å². The van der Waals surface area contributed by atoms with Gasteiger partial charge in [-0.05, 0) is 101 Å². The lowest BCUT2D eigenvalue weighted by Crippen LogP contribution is -2.60. The number of carbonyl (C=O) groups excluding carboxylic acids is 5. The van der Waals surface area contributed by atoms with E-state index in [9.17, 15) is 39.3 Å². The molecule has 12 atom stereocenters. The molecular formula is C49H75NO12. The first-order valence-electron chi connectivity index (χ1n) is 23.0. The Bertz CT molecular complexity index is 1650. The summed E-state index contributed by atoms with van der Waals surface area (Å²) in [6.07, 6.45) is 14.9. The second-order valence-electron chi connectivity index (χ2n) is 18.8. The van der Waals surface area contributed by atoms with Crippen molar-refractivity contribution in [3.63, 3.8) is 0 Å². The van der Waals surface area contributed by atoms with E-state index < -0.39 is 77.8 Å². The number of hydrogen-bond acceptors (Lipinski definition) is 12. The second kappa shape index (κ2) is 24.1. The molecule has 3 aliphatic heterocycles.